The van der Waals surface area contributed by atoms with Crippen LogP contribution in [-0.4, -0.2) is 9.97 Å². The maximum absolute atomic E-state index is 12.5. The first-order valence-electron chi connectivity index (χ1n) is 5.33. The van der Waals surface area contributed by atoms with Gasteiger partial charge in [0.1, 0.15) is 11.8 Å². The van der Waals surface area contributed by atoms with Crippen molar-refractivity contribution in [1.82, 2.24) is 9.97 Å². The highest BCUT2D eigenvalue weighted by Gasteiger charge is 2.35. The van der Waals surface area contributed by atoms with E-state index in [-0.39, 0.29) is 17.6 Å². The molecule has 1 aromatic heterocycles. The van der Waals surface area contributed by atoms with Crippen molar-refractivity contribution in [3.63, 3.8) is 0 Å². The molecule has 0 aliphatic carbocycles. The molecule has 0 radical (unpaired) electrons. The number of hydrogen-bond acceptors (Lipinski definition) is 3. The molecule has 20 heavy (non-hydrogen) atoms. The first-order chi connectivity index (χ1) is 9.34. The highest BCUT2D eigenvalue weighted by Crippen LogP contribution is 2.29. The van der Waals surface area contributed by atoms with Crippen molar-refractivity contribution in [2.24, 2.45) is 0 Å². The summed E-state index contributed by atoms with van der Waals surface area (Å²) in [6.07, 6.45) is -4.68. The molecule has 8 heteroatoms. The fraction of sp³-hybridized carbons (Fsp3) is 0.167. The monoisotopic (exact) mass is 322 g/mol. The molecule has 1 aromatic carbocycles. The van der Waals surface area contributed by atoms with Crippen LogP contribution >= 0.6 is 23.2 Å². The Balaban J connectivity index is 2.13. The van der Waals surface area contributed by atoms with E-state index in [1.54, 1.807) is 24.3 Å². The van der Waals surface area contributed by atoms with Crippen LogP contribution in [0.3, 0.4) is 0 Å². The molecule has 0 spiro atoms. The summed E-state index contributed by atoms with van der Waals surface area (Å²) < 4.78 is 42.7. The SMILES string of the molecule is FC(F)(F)c1nc(Cl)cc(OCc2ccc(Cl)cc2)n1. The van der Waals surface area contributed by atoms with E-state index >= 15 is 0 Å². The summed E-state index contributed by atoms with van der Waals surface area (Å²) in [7, 11) is 0. The van der Waals surface area contributed by atoms with E-state index in [9.17, 15) is 13.2 Å². The molecule has 0 aliphatic rings. The lowest BCUT2D eigenvalue weighted by Gasteiger charge is -2.09. The highest BCUT2D eigenvalue weighted by atomic mass is 35.5. The predicted octanol–water partition coefficient (Wildman–Crippen LogP) is 4.38. The maximum atomic E-state index is 12.5. The molecule has 0 aliphatic heterocycles. The minimum absolute atomic E-state index is 0.0435. The molecule has 3 nitrogen and oxygen atoms in total. The minimum Gasteiger partial charge on any atom is -0.473 e. The lowest BCUT2D eigenvalue weighted by Crippen LogP contribution is -2.12. The van der Waals surface area contributed by atoms with Crippen LogP contribution in [0, 0.1) is 0 Å². The minimum atomic E-state index is -4.68. The smallest absolute Gasteiger partial charge is 0.451 e. The van der Waals surface area contributed by atoms with E-state index in [1.165, 1.54) is 0 Å². The molecule has 0 bridgehead atoms. The predicted molar refractivity (Wildman–Crippen MR) is 67.8 cm³/mol. The summed E-state index contributed by atoms with van der Waals surface area (Å²) >= 11 is 11.2. The molecule has 1 heterocycles. The Labute approximate surface area is 122 Å². The normalized spacial score (nSPS) is 11.4. The Bertz CT molecular complexity index is 603. The van der Waals surface area contributed by atoms with Crippen molar-refractivity contribution in [2.45, 2.75) is 12.8 Å². The number of halogens is 5. The summed E-state index contributed by atoms with van der Waals surface area (Å²) in [5.74, 6) is -1.58. The van der Waals surface area contributed by atoms with E-state index in [4.69, 9.17) is 27.9 Å². The van der Waals surface area contributed by atoms with Crippen LogP contribution in [0.4, 0.5) is 13.2 Å². The van der Waals surface area contributed by atoms with Gasteiger partial charge in [0.15, 0.2) is 0 Å². The van der Waals surface area contributed by atoms with Crippen molar-refractivity contribution in [2.75, 3.05) is 0 Å². The molecule has 0 N–H and O–H groups in total. The van der Waals surface area contributed by atoms with E-state index < -0.39 is 12.0 Å². The van der Waals surface area contributed by atoms with Gasteiger partial charge in [0, 0.05) is 11.1 Å². The van der Waals surface area contributed by atoms with Crippen molar-refractivity contribution < 1.29 is 17.9 Å². The summed E-state index contributed by atoms with van der Waals surface area (Å²) in [5, 5.41) is 0.219. The molecule has 0 unspecified atom stereocenters. The second-order valence-electron chi connectivity index (χ2n) is 3.77. The van der Waals surface area contributed by atoms with Crippen LogP contribution in [0.5, 0.6) is 5.88 Å². The van der Waals surface area contributed by atoms with Gasteiger partial charge in [-0.05, 0) is 17.7 Å². The molecular weight excluding hydrogens is 316 g/mol. The van der Waals surface area contributed by atoms with Gasteiger partial charge >= 0.3 is 6.18 Å². The quantitative estimate of drug-likeness (QED) is 0.786. The van der Waals surface area contributed by atoms with Gasteiger partial charge < -0.3 is 4.74 Å². The van der Waals surface area contributed by atoms with Gasteiger partial charge in [0.05, 0.1) is 0 Å². The van der Waals surface area contributed by atoms with Crippen molar-refractivity contribution in [3.8, 4) is 5.88 Å². The summed E-state index contributed by atoms with van der Waals surface area (Å²) in [6, 6.07) is 7.79. The maximum Gasteiger partial charge on any atom is 0.451 e. The number of aromatic nitrogens is 2. The van der Waals surface area contributed by atoms with Gasteiger partial charge in [0.2, 0.25) is 11.7 Å². The highest BCUT2D eigenvalue weighted by molar-refractivity contribution is 6.30. The molecule has 0 amide bonds. The van der Waals surface area contributed by atoms with Gasteiger partial charge in [-0.1, -0.05) is 35.3 Å². The molecule has 0 saturated heterocycles. The summed E-state index contributed by atoms with van der Waals surface area (Å²) in [4.78, 5) is 6.37. The number of alkyl halides is 3. The molecule has 106 valence electrons. The molecule has 2 aromatic rings. The average Bonchev–Trinajstić information content (AvgIpc) is 2.36. The lowest BCUT2D eigenvalue weighted by atomic mass is 10.2. The Morgan fingerprint density at radius 2 is 1.70 bits per heavy atom. The van der Waals surface area contributed by atoms with E-state index in [0.717, 1.165) is 11.6 Å². The van der Waals surface area contributed by atoms with E-state index in [2.05, 4.69) is 9.97 Å². The zero-order valence-electron chi connectivity index (χ0n) is 9.79. The van der Waals surface area contributed by atoms with Crippen molar-refractivity contribution in [3.05, 3.63) is 51.9 Å². The van der Waals surface area contributed by atoms with Crippen LogP contribution in [0.1, 0.15) is 11.4 Å². The molecule has 0 fully saturated rings. The van der Waals surface area contributed by atoms with Gasteiger partial charge in [-0.3, -0.25) is 0 Å². The molecule has 2 rings (SSSR count). The van der Waals surface area contributed by atoms with Gasteiger partial charge in [-0.15, -0.1) is 0 Å². The van der Waals surface area contributed by atoms with Crippen LogP contribution in [0.2, 0.25) is 10.2 Å². The third-order valence-electron chi connectivity index (χ3n) is 2.22. The van der Waals surface area contributed by atoms with Crippen LogP contribution in [0.15, 0.2) is 30.3 Å². The van der Waals surface area contributed by atoms with Gasteiger partial charge in [0.25, 0.3) is 0 Å². The topological polar surface area (TPSA) is 35.0 Å². The fourth-order valence-electron chi connectivity index (χ4n) is 1.34. The second-order valence-corrected chi connectivity index (χ2v) is 4.59. The summed E-state index contributed by atoms with van der Waals surface area (Å²) in [5.41, 5.74) is 0.734. The number of benzene rings is 1. The van der Waals surface area contributed by atoms with Crippen LogP contribution in [0.25, 0.3) is 0 Å². The Hall–Kier alpha value is -1.53. The van der Waals surface area contributed by atoms with Crippen LogP contribution in [-0.2, 0) is 12.8 Å². The van der Waals surface area contributed by atoms with Crippen molar-refractivity contribution in [1.29, 1.82) is 0 Å². The Morgan fingerprint density at radius 3 is 2.30 bits per heavy atom. The lowest BCUT2D eigenvalue weighted by molar-refractivity contribution is -0.145. The molecule has 0 atom stereocenters. The van der Waals surface area contributed by atoms with Gasteiger partial charge in [-0.2, -0.15) is 18.2 Å². The largest absolute Gasteiger partial charge is 0.473 e. The first-order valence-corrected chi connectivity index (χ1v) is 6.09. The standard InChI is InChI=1S/C12H7Cl2F3N2O/c13-8-3-1-7(2-4-8)6-20-10-5-9(14)18-11(19-10)12(15,16)17/h1-5H,6H2. The van der Waals surface area contributed by atoms with Crippen LogP contribution < -0.4 is 4.74 Å². The summed E-state index contributed by atoms with van der Waals surface area (Å²) in [6.45, 7) is 0.0435. The zero-order chi connectivity index (χ0) is 14.8. The van der Waals surface area contributed by atoms with E-state index in [0.29, 0.717) is 5.02 Å². The second kappa shape index (κ2) is 5.85. The first kappa shape index (κ1) is 14.9. The molecular formula is C12H7Cl2F3N2O. The van der Waals surface area contributed by atoms with Crippen molar-refractivity contribution >= 4 is 23.2 Å². The Morgan fingerprint density at radius 1 is 1.05 bits per heavy atom. The Kier molecular flexibility index (Phi) is 4.35. The third-order valence-corrected chi connectivity index (χ3v) is 2.67. The third kappa shape index (κ3) is 3.98. The number of hydrogen-bond donors (Lipinski definition) is 0. The number of rotatable bonds is 3. The van der Waals surface area contributed by atoms with E-state index in [1.807, 2.05) is 0 Å². The average molecular weight is 323 g/mol. The zero-order valence-corrected chi connectivity index (χ0v) is 11.3. The number of nitrogens with zero attached hydrogens (tertiary/aromatic N) is 2. The molecule has 0 saturated carbocycles. The van der Waals surface area contributed by atoms with Gasteiger partial charge in [-0.25, -0.2) is 4.98 Å². The number of ether oxygens (including phenoxy) is 1. The fourth-order valence-corrected chi connectivity index (χ4v) is 1.63.